The van der Waals surface area contributed by atoms with Crippen LogP contribution in [0.4, 0.5) is 11.5 Å². The number of anilines is 2. The maximum atomic E-state index is 12.1. The summed E-state index contributed by atoms with van der Waals surface area (Å²) in [6, 6.07) is 7.50. The van der Waals surface area contributed by atoms with Gasteiger partial charge < -0.3 is 15.4 Å². The molecule has 1 aromatic heterocycles. The van der Waals surface area contributed by atoms with Crippen molar-refractivity contribution in [2.24, 2.45) is 0 Å². The fraction of sp³-hybridized carbons (Fsp3) is 0.176. The van der Waals surface area contributed by atoms with Crippen LogP contribution in [0.3, 0.4) is 0 Å². The molecule has 0 spiro atoms. The number of aromatic nitrogens is 1. The highest BCUT2D eigenvalue weighted by Crippen LogP contribution is 2.22. The van der Waals surface area contributed by atoms with Crippen molar-refractivity contribution in [1.29, 1.82) is 0 Å². The number of carbonyl (C=O) groups excluding carboxylic acids is 3. The van der Waals surface area contributed by atoms with Crippen molar-refractivity contribution in [1.82, 2.24) is 4.98 Å². The number of carbonyl (C=O) groups is 3. The van der Waals surface area contributed by atoms with Crippen molar-refractivity contribution in [3.8, 4) is 0 Å². The van der Waals surface area contributed by atoms with E-state index < -0.39 is 18.0 Å². The summed E-state index contributed by atoms with van der Waals surface area (Å²) in [5, 5.41) is 5.54. The fourth-order valence-corrected chi connectivity index (χ4v) is 2.33. The molecule has 0 aliphatic carbocycles. The van der Waals surface area contributed by atoms with Crippen LogP contribution in [0.2, 0.25) is 10.0 Å². The molecular formula is C17H15Cl2N3O4. The predicted molar refractivity (Wildman–Crippen MR) is 98.5 cm³/mol. The molecule has 2 aromatic rings. The molecule has 0 saturated heterocycles. The van der Waals surface area contributed by atoms with E-state index in [4.69, 9.17) is 27.9 Å². The van der Waals surface area contributed by atoms with Crippen molar-refractivity contribution in [2.75, 3.05) is 10.6 Å². The van der Waals surface area contributed by atoms with Crippen LogP contribution in [0.25, 0.3) is 0 Å². The van der Waals surface area contributed by atoms with Crippen molar-refractivity contribution in [3.05, 3.63) is 52.1 Å². The zero-order valence-corrected chi connectivity index (χ0v) is 15.4. The summed E-state index contributed by atoms with van der Waals surface area (Å²) < 4.78 is 5.12. The largest absolute Gasteiger partial charge is 0.449 e. The summed E-state index contributed by atoms with van der Waals surface area (Å²) in [6.45, 7) is 2.80. The number of esters is 1. The quantitative estimate of drug-likeness (QED) is 0.754. The topological polar surface area (TPSA) is 97.4 Å². The smallest absolute Gasteiger partial charge is 0.338 e. The molecule has 0 unspecified atom stereocenters. The zero-order chi connectivity index (χ0) is 19.3. The van der Waals surface area contributed by atoms with Crippen LogP contribution in [-0.2, 0) is 14.3 Å². The Morgan fingerprint density at radius 2 is 1.77 bits per heavy atom. The first-order valence-electron chi connectivity index (χ1n) is 7.47. The lowest BCUT2D eigenvalue weighted by Gasteiger charge is -2.14. The van der Waals surface area contributed by atoms with Gasteiger partial charge in [0, 0.05) is 18.8 Å². The molecule has 0 bridgehead atoms. The molecule has 0 radical (unpaired) electrons. The van der Waals surface area contributed by atoms with E-state index in [1.807, 2.05) is 0 Å². The van der Waals surface area contributed by atoms with E-state index in [2.05, 4.69) is 15.6 Å². The van der Waals surface area contributed by atoms with Crippen LogP contribution >= 0.6 is 23.2 Å². The molecule has 2 amide bonds. The third-order valence-corrected chi connectivity index (χ3v) is 3.64. The summed E-state index contributed by atoms with van der Waals surface area (Å²) >= 11 is 11.7. The standard InChI is InChI=1S/C17H15Cl2N3O4/c1-9(16(24)22-15-14(19)7-12(18)8-20-15)26-17(25)11-3-5-13(6-4-11)21-10(2)23/h3-9H,1-2H3,(H,21,23)(H,20,22,24)/t9-/m1/s1. The van der Waals surface area contributed by atoms with Crippen molar-refractivity contribution in [3.63, 3.8) is 0 Å². The summed E-state index contributed by atoms with van der Waals surface area (Å²) in [7, 11) is 0. The first kappa shape index (κ1) is 19.7. The minimum Gasteiger partial charge on any atom is -0.449 e. The van der Waals surface area contributed by atoms with E-state index in [1.165, 1.54) is 38.2 Å². The van der Waals surface area contributed by atoms with Crippen LogP contribution in [0.15, 0.2) is 36.5 Å². The highest BCUT2D eigenvalue weighted by molar-refractivity contribution is 6.36. The van der Waals surface area contributed by atoms with Gasteiger partial charge in [0.2, 0.25) is 5.91 Å². The summed E-state index contributed by atoms with van der Waals surface area (Å²) in [4.78, 5) is 39.1. The molecule has 2 N–H and O–H groups in total. The first-order valence-corrected chi connectivity index (χ1v) is 8.22. The zero-order valence-electron chi connectivity index (χ0n) is 13.9. The van der Waals surface area contributed by atoms with Gasteiger partial charge in [-0.2, -0.15) is 0 Å². The Morgan fingerprint density at radius 1 is 1.12 bits per heavy atom. The molecule has 7 nitrogen and oxygen atoms in total. The number of nitrogens with zero attached hydrogens (tertiary/aromatic N) is 1. The average molecular weight is 396 g/mol. The molecule has 9 heteroatoms. The van der Waals surface area contributed by atoms with Crippen LogP contribution in [0, 0.1) is 0 Å². The minimum absolute atomic E-state index is 0.114. The van der Waals surface area contributed by atoms with E-state index in [0.717, 1.165) is 0 Å². The second-order valence-corrected chi connectivity index (χ2v) is 6.12. The molecule has 2 rings (SSSR count). The molecule has 0 saturated carbocycles. The van der Waals surface area contributed by atoms with Gasteiger partial charge in [-0.1, -0.05) is 23.2 Å². The summed E-state index contributed by atoms with van der Waals surface area (Å²) in [5.74, 6) is -1.38. The van der Waals surface area contributed by atoms with Crippen LogP contribution < -0.4 is 10.6 Å². The molecule has 136 valence electrons. The Labute approximate surface area is 159 Å². The van der Waals surface area contributed by atoms with Crippen molar-refractivity contribution < 1.29 is 19.1 Å². The van der Waals surface area contributed by atoms with Gasteiger partial charge >= 0.3 is 5.97 Å². The van der Waals surface area contributed by atoms with E-state index in [0.29, 0.717) is 10.7 Å². The second kappa shape index (κ2) is 8.64. The number of benzene rings is 1. The monoisotopic (exact) mass is 395 g/mol. The molecule has 1 heterocycles. The number of hydrogen-bond acceptors (Lipinski definition) is 5. The first-order chi connectivity index (χ1) is 12.3. The lowest BCUT2D eigenvalue weighted by atomic mass is 10.2. The molecule has 1 atom stereocenters. The predicted octanol–water partition coefficient (Wildman–Crippen LogP) is 3.53. The Kier molecular flexibility index (Phi) is 6.54. The van der Waals surface area contributed by atoms with Gasteiger partial charge in [0.1, 0.15) is 0 Å². The molecule has 1 aromatic carbocycles. The lowest BCUT2D eigenvalue weighted by Crippen LogP contribution is -2.30. The Morgan fingerprint density at radius 3 is 2.35 bits per heavy atom. The SMILES string of the molecule is CC(=O)Nc1ccc(C(=O)O[C@H](C)C(=O)Nc2ncc(Cl)cc2Cl)cc1. The molecule has 26 heavy (non-hydrogen) atoms. The molecular weight excluding hydrogens is 381 g/mol. The normalized spacial score (nSPS) is 11.4. The lowest BCUT2D eigenvalue weighted by molar-refractivity contribution is -0.123. The Balaban J connectivity index is 1.97. The molecule has 0 aliphatic heterocycles. The maximum Gasteiger partial charge on any atom is 0.338 e. The van der Waals surface area contributed by atoms with E-state index in [1.54, 1.807) is 12.1 Å². The van der Waals surface area contributed by atoms with Crippen molar-refractivity contribution >= 4 is 52.5 Å². The van der Waals surface area contributed by atoms with E-state index in [-0.39, 0.29) is 22.3 Å². The number of amides is 2. The van der Waals surface area contributed by atoms with Crippen LogP contribution in [-0.4, -0.2) is 28.9 Å². The van der Waals surface area contributed by atoms with Crippen molar-refractivity contribution in [2.45, 2.75) is 20.0 Å². The molecule has 0 aliphatic rings. The summed E-state index contributed by atoms with van der Waals surface area (Å²) in [6.07, 6.45) is 0.252. The van der Waals surface area contributed by atoms with Gasteiger partial charge in [0.15, 0.2) is 11.9 Å². The number of rotatable bonds is 5. The van der Waals surface area contributed by atoms with E-state index >= 15 is 0 Å². The van der Waals surface area contributed by atoms with Gasteiger partial charge in [0.05, 0.1) is 15.6 Å². The molecule has 0 fully saturated rings. The summed E-state index contributed by atoms with van der Waals surface area (Å²) in [5.41, 5.74) is 0.782. The number of halogens is 2. The number of pyridine rings is 1. The van der Waals surface area contributed by atoms with Gasteiger partial charge in [-0.25, -0.2) is 9.78 Å². The van der Waals surface area contributed by atoms with Gasteiger partial charge in [-0.15, -0.1) is 0 Å². The van der Waals surface area contributed by atoms with Crippen LogP contribution in [0.5, 0.6) is 0 Å². The number of hydrogen-bond donors (Lipinski definition) is 2. The second-order valence-electron chi connectivity index (χ2n) is 5.28. The van der Waals surface area contributed by atoms with E-state index in [9.17, 15) is 14.4 Å². The minimum atomic E-state index is -1.08. The highest BCUT2D eigenvalue weighted by atomic mass is 35.5. The van der Waals surface area contributed by atoms with Crippen LogP contribution in [0.1, 0.15) is 24.2 Å². The maximum absolute atomic E-state index is 12.1. The number of nitrogens with one attached hydrogen (secondary N) is 2. The third kappa shape index (κ3) is 5.44. The highest BCUT2D eigenvalue weighted by Gasteiger charge is 2.20. The Bertz CT molecular complexity index is 840. The number of ether oxygens (including phenoxy) is 1. The average Bonchev–Trinajstić information content (AvgIpc) is 2.57. The van der Waals surface area contributed by atoms with Gasteiger partial charge in [0.25, 0.3) is 5.91 Å². The Hall–Kier alpha value is -2.64. The third-order valence-electron chi connectivity index (χ3n) is 3.14. The van der Waals surface area contributed by atoms with Gasteiger partial charge in [-0.05, 0) is 37.3 Å². The van der Waals surface area contributed by atoms with Gasteiger partial charge in [-0.3, -0.25) is 9.59 Å². The fourth-order valence-electron chi connectivity index (χ4n) is 1.90.